The van der Waals surface area contributed by atoms with Crippen molar-refractivity contribution in [2.75, 3.05) is 7.05 Å². The maximum absolute atomic E-state index is 11.7. The smallest absolute Gasteiger partial charge is 0.326 e. The van der Waals surface area contributed by atoms with E-state index in [-0.39, 0.29) is 25.2 Å². The van der Waals surface area contributed by atoms with Crippen molar-refractivity contribution in [1.82, 2.24) is 14.9 Å². The maximum atomic E-state index is 11.7. The number of carbonyl (C=O) groups excluding carboxylic acids is 1. The molecule has 1 aromatic rings. The fourth-order valence-electron chi connectivity index (χ4n) is 1.51. The average molecular weight is 250 g/mol. The number of hydrogen-bond acceptors (Lipinski definition) is 4. The van der Waals surface area contributed by atoms with Crippen molar-refractivity contribution in [3.8, 4) is 6.07 Å². The lowest BCUT2D eigenvalue weighted by Gasteiger charge is -2.24. The van der Waals surface area contributed by atoms with Crippen LogP contribution in [0.3, 0.4) is 0 Å². The highest BCUT2D eigenvalue weighted by atomic mass is 16.4. The number of carboxylic acids is 1. The molecule has 0 radical (unpaired) electrons. The Kier molecular flexibility index (Phi) is 4.87. The van der Waals surface area contributed by atoms with Crippen molar-refractivity contribution < 1.29 is 14.7 Å². The summed E-state index contributed by atoms with van der Waals surface area (Å²) < 4.78 is 0. The van der Waals surface area contributed by atoms with Crippen LogP contribution >= 0.6 is 0 Å². The Hall–Kier alpha value is -2.36. The monoisotopic (exact) mass is 250 g/mol. The van der Waals surface area contributed by atoms with Crippen LogP contribution in [0.1, 0.15) is 18.5 Å². The highest BCUT2D eigenvalue weighted by Gasteiger charge is 2.26. The first-order chi connectivity index (χ1) is 8.56. The molecule has 1 rings (SSSR count). The topological polar surface area (TPSA) is 110 Å². The van der Waals surface area contributed by atoms with Crippen LogP contribution in [-0.4, -0.2) is 44.9 Å². The lowest BCUT2D eigenvalue weighted by atomic mass is 10.1. The molecule has 0 bridgehead atoms. The average Bonchev–Trinajstić information content (AvgIpc) is 2.84. The second kappa shape index (κ2) is 6.39. The molecular weight excluding hydrogens is 236 g/mol. The van der Waals surface area contributed by atoms with Crippen LogP contribution in [0.2, 0.25) is 0 Å². The van der Waals surface area contributed by atoms with Crippen molar-refractivity contribution in [3.05, 3.63) is 18.2 Å². The molecule has 0 aliphatic heterocycles. The molecule has 1 heterocycles. The fraction of sp³-hybridized carbons (Fsp3) is 0.455. The first kappa shape index (κ1) is 13.7. The zero-order chi connectivity index (χ0) is 13.5. The molecule has 96 valence electrons. The molecule has 0 fully saturated rings. The molecular formula is C11H14N4O3. The highest BCUT2D eigenvalue weighted by molar-refractivity contribution is 5.83. The SMILES string of the molecule is CN(C(=O)CCC#N)C(Cc1cnc[nH]1)C(=O)O. The summed E-state index contributed by atoms with van der Waals surface area (Å²) >= 11 is 0. The summed E-state index contributed by atoms with van der Waals surface area (Å²) in [5.41, 5.74) is 0.641. The van der Waals surface area contributed by atoms with Crippen LogP contribution < -0.4 is 0 Å². The van der Waals surface area contributed by atoms with Gasteiger partial charge in [-0.1, -0.05) is 0 Å². The van der Waals surface area contributed by atoms with Gasteiger partial charge in [-0.25, -0.2) is 9.78 Å². The second-order valence-electron chi connectivity index (χ2n) is 3.80. The maximum Gasteiger partial charge on any atom is 0.326 e. The number of imidazole rings is 1. The van der Waals surface area contributed by atoms with Crippen LogP contribution in [0.4, 0.5) is 0 Å². The summed E-state index contributed by atoms with van der Waals surface area (Å²) in [5, 5.41) is 17.5. The van der Waals surface area contributed by atoms with Gasteiger partial charge < -0.3 is 15.0 Å². The molecule has 1 atom stereocenters. The van der Waals surface area contributed by atoms with Gasteiger partial charge >= 0.3 is 5.97 Å². The van der Waals surface area contributed by atoms with Crippen LogP contribution in [0.5, 0.6) is 0 Å². The van der Waals surface area contributed by atoms with Gasteiger partial charge in [0.1, 0.15) is 6.04 Å². The molecule has 0 saturated carbocycles. The summed E-state index contributed by atoms with van der Waals surface area (Å²) in [4.78, 5) is 30.6. The molecule has 0 aliphatic carbocycles. The Morgan fingerprint density at radius 1 is 1.67 bits per heavy atom. The van der Waals surface area contributed by atoms with Crippen LogP contribution in [-0.2, 0) is 16.0 Å². The second-order valence-corrected chi connectivity index (χ2v) is 3.80. The van der Waals surface area contributed by atoms with Gasteiger partial charge in [-0.3, -0.25) is 4.79 Å². The number of aliphatic carboxylic acids is 1. The van der Waals surface area contributed by atoms with E-state index in [4.69, 9.17) is 10.4 Å². The van der Waals surface area contributed by atoms with E-state index >= 15 is 0 Å². The molecule has 7 heteroatoms. The Labute approximate surface area is 104 Å². The van der Waals surface area contributed by atoms with Gasteiger partial charge in [0.05, 0.1) is 12.4 Å². The van der Waals surface area contributed by atoms with Gasteiger partial charge in [0.2, 0.25) is 5.91 Å². The summed E-state index contributed by atoms with van der Waals surface area (Å²) in [5.74, 6) is -1.44. The highest BCUT2D eigenvalue weighted by Crippen LogP contribution is 2.08. The van der Waals surface area contributed by atoms with Crippen molar-refractivity contribution in [2.45, 2.75) is 25.3 Å². The molecule has 18 heavy (non-hydrogen) atoms. The molecule has 1 amide bonds. The Morgan fingerprint density at radius 2 is 2.39 bits per heavy atom. The number of aromatic nitrogens is 2. The molecule has 0 aromatic carbocycles. The molecule has 2 N–H and O–H groups in total. The Bertz CT molecular complexity index is 449. The number of H-pyrrole nitrogens is 1. The number of likely N-dealkylation sites (N-methyl/N-ethyl adjacent to an activating group) is 1. The van der Waals surface area contributed by atoms with Gasteiger partial charge in [-0.15, -0.1) is 0 Å². The molecule has 0 spiro atoms. The lowest BCUT2D eigenvalue weighted by molar-refractivity contribution is -0.149. The minimum atomic E-state index is -1.09. The predicted octanol–water partition coefficient (Wildman–Crippen LogP) is 0.168. The molecule has 0 aliphatic rings. The Balaban J connectivity index is 2.70. The third kappa shape index (κ3) is 3.59. The number of nitrogens with zero attached hydrogens (tertiary/aromatic N) is 3. The minimum Gasteiger partial charge on any atom is -0.480 e. The fourth-order valence-corrected chi connectivity index (χ4v) is 1.51. The van der Waals surface area contributed by atoms with E-state index < -0.39 is 12.0 Å². The lowest BCUT2D eigenvalue weighted by Crippen LogP contribution is -2.43. The third-order valence-corrected chi connectivity index (χ3v) is 2.56. The Morgan fingerprint density at radius 3 is 2.89 bits per heavy atom. The zero-order valence-corrected chi connectivity index (χ0v) is 9.96. The van der Waals surface area contributed by atoms with Gasteiger partial charge in [0.25, 0.3) is 0 Å². The summed E-state index contributed by atoms with van der Waals surface area (Å²) in [6, 6.07) is 0.895. The van der Waals surface area contributed by atoms with E-state index in [1.807, 2.05) is 6.07 Å². The van der Waals surface area contributed by atoms with Crippen LogP contribution in [0, 0.1) is 11.3 Å². The number of amides is 1. The first-order valence-corrected chi connectivity index (χ1v) is 5.39. The normalized spacial score (nSPS) is 11.6. The van der Waals surface area contributed by atoms with E-state index in [9.17, 15) is 9.59 Å². The molecule has 7 nitrogen and oxygen atoms in total. The minimum absolute atomic E-state index is 0.0275. The third-order valence-electron chi connectivity index (χ3n) is 2.56. The summed E-state index contributed by atoms with van der Waals surface area (Å²) in [6.07, 6.45) is 3.23. The van der Waals surface area contributed by atoms with Crippen molar-refractivity contribution in [3.63, 3.8) is 0 Å². The number of rotatable bonds is 6. The predicted molar refractivity (Wildman–Crippen MR) is 61.3 cm³/mol. The first-order valence-electron chi connectivity index (χ1n) is 5.39. The van der Waals surface area contributed by atoms with Gasteiger partial charge in [-0.2, -0.15) is 5.26 Å². The number of nitriles is 1. The quantitative estimate of drug-likeness (QED) is 0.747. The largest absolute Gasteiger partial charge is 0.480 e. The van der Waals surface area contributed by atoms with E-state index in [2.05, 4.69) is 9.97 Å². The van der Waals surface area contributed by atoms with Crippen molar-refractivity contribution in [1.29, 1.82) is 5.26 Å². The van der Waals surface area contributed by atoms with Gasteiger partial charge in [-0.05, 0) is 0 Å². The number of hydrogen-bond donors (Lipinski definition) is 2. The summed E-state index contributed by atoms with van der Waals surface area (Å²) in [7, 11) is 1.43. The number of nitrogens with one attached hydrogen (secondary N) is 1. The van der Waals surface area contributed by atoms with Crippen LogP contribution in [0.15, 0.2) is 12.5 Å². The summed E-state index contributed by atoms with van der Waals surface area (Å²) in [6.45, 7) is 0. The number of carboxylic acid groups (broad SMARTS) is 1. The molecule has 1 aromatic heterocycles. The van der Waals surface area contributed by atoms with E-state index in [1.54, 1.807) is 0 Å². The number of aromatic amines is 1. The van der Waals surface area contributed by atoms with E-state index in [0.717, 1.165) is 4.90 Å². The van der Waals surface area contributed by atoms with Crippen molar-refractivity contribution >= 4 is 11.9 Å². The molecule has 0 saturated heterocycles. The molecule has 1 unspecified atom stereocenters. The van der Waals surface area contributed by atoms with Crippen molar-refractivity contribution in [2.24, 2.45) is 0 Å². The van der Waals surface area contributed by atoms with E-state index in [0.29, 0.717) is 5.69 Å². The van der Waals surface area contributed by atoms with Gasteiger partial charge in [0, 0.05) is 38.2 Å². The van der Waals surface area contributed by atoms with Gasteiger partial charge in [0.15, 0.2) is 0 Å². The van der Waals surface area contributed by atoms with Crippen LogP contribution in [0.25, 0.3) is 0 Å². The van der Waals surface area contributed by atoms with E-state index in [1.165, 1.54) is 19.6 Å². The zero-order valence-electron chi connectivity index (χ0n) is 9.96. The standard InChI is InChI=1S/C11H14N4O3/c1-15(10(16)3-2-4-12)9(11(17)18)5-8-6-13-7-14-8/h6-7,9H,2-3,5H2,1H3,(H,13,14)(H,17,18). The number of carbonyl (C=O) groups is 2.